The molecule has 0 spiro atoms. The van der Waals surface area contributed by atoms with Gasteiger partial charge in [0.05, 0.1) is 0 Å². The number of hydrogen-bond donors (Lipinski definition) is 1. The molecular formula is C16H17N3O2. The van der Waals surface area contributed by atoms with Crippen LogP contribution >= 0.6 is 0 Å². The average molecular weight is 283 g/mol. The van der Waals surface area contributed by atoms with Crippen molar-refractivity contribution < 1.29 is 4.79 Å². The molecular weight excluding hydrogens is 266 g/mol. The van der Waals surface area contributed by atoms with E-state index in [0.29, 0.717) is 11.6 Å². The summed E-state index contributed by atoms with van der Waals surface area (Å²) < 4.78 is 0. The maximum absolute atomic E-state index is 12.4. The van der Waals surface area contributed by atoms with Gasteiger partial charge in [-0.3, -0.25) is 4.79 Å². The lowest BCUT2D eigenvalue weighted by molar-refractivity contribution is 0.0747. The van der Waals surface area contributed by atoms with Crippen LogP contribution in [0.4, 0.5) is 0 Å². The molecule has 1 unspecified atom stereocenters. The number of rotatable bonds is 2. The molecule has 0 bridgehead atoms. The highest BCUT2D eigenvalue weighted by Gasteiger charge is 2.25. The van der Waals surface area contributed by atoms with Gasteiger partial charge < -0.3 is 9.88 Å². The van der Waals surface area contributed by atoms with Gasteiger partial charge in [-0.15, -0.1) is 0 Å². The minimum absolute atomic E-state index is 0.0890. The summed E-state index contributed by atoms with van der Waals surface area (Å²) in [6.07, 6.45) is 5.30. The maximum Gasteiger partial charge on any atom is 0.344 e. The SMILES string of the molecule is CC1CCCN1C(=O)c1ccc(-c2cnc(=O)[nH]c2)cc1. The molecule has 1 aliphatic heterocycles. The molecule has 2 aromatic rings. The van der Waals surface area contributed by atoms with Gasteiger partial charge in [-0.2, -0.15) is 0 Å². The number of nitrogens with one attached hydrogen (secondary N) is 1. The van der Waals surface area contributed by atoms with E-state index in [4.69, 9.17) is 0 Å². The Morgan fingerprint density at radius 3 is 2.62 bits per heavy atom. The van der Waals surface area contributed by atoms with Gasteiger partial charge in [-0.25, -0.2) is 9.78 Å². The van der Waals surface area contributed by atoms with Crippen molar-refractivity contribution in [1.29, 1.82) is 0 Å². The van der Waals surface area contributed by atoms with E-state index in [1.54, 1.807) is 6.20 Å². The summed E-state index contributed by atoms with van der Waals surface area (Å²) in [5.41, 5.74) is 2.08. The molecule has 1 saturated heterocycles. The molecule has 21 heavy (non-hydrogen) atoms. The lowest BCUT2D eigenvalue weighted by atomic mass is 10.1. The highest BCUT2D eigenvalue weighted by atomic mass is 16.2. The first-order chi connectivity index (χ1) is 10.1. The van der Waals surface area contributed by atoms with Crippen molar-refractivity contribution in [3.63, 3.8) is 0 Å². The molecule has 1 fully saturated rings. The third kappa shape index (κ3) is 2.72. The fraction of sp³-hybridized carbons (Fsp3) is 0.312. The Labute approximate surface area is 122 Å². The van der Waals surface area contributed by atoms with Gasteiger partial charge in [0.1, 0.15) is 0 Å². The summed E-state index contributed by atoms with van der Waals surface area (Å²) >= 11 is 0. The molecule has 0 saturated carbocycles. The van der Waals surface area contributed by atoms with Gasteiger partial charge in [0.25, 0.3) is 5.91 Å². The fourth-order valence-electron chi connectivity index (χ4n) is 2.71. The zero-order valence-corrected chi connectivity index (χ0v) is 11.9. The number of hydrogen-bond acceptors (Lipinski definition) is 3. The smallest absolute Gasteiger partial charge is 0.336 e. The van der Waals surface area contributed by atoms with E-state index >= 15 is 0 Å². The minimum atomic E-state index is -0.367. The van der Waals surface area contributed by atoms with Crippen LogP contribution in [0, 0.1) is 0 Å². The molecule has 1 N–H and O–H groups in total. The van der Waals surface area contributed by atoms with Gasteiger partial charge in [0.2, 0.25) is 0 Å². The first kappa shape index (κ1) is 13.5. The van der Waals surface area contributed by atoms with Crippen LogP contribution in [0.25, 0.3) is 11.1 Å². The zero-order valence-electron chi connectivity index (χ0n) is 11.9. The first-order valence-electron chi connectivity index (χ1n) is 7.11. The fourth-order valence-corrected chi connectivity index (χ4v) is 2.71. The molecule has 5 heteroatoms. The van der Waals surface area contributed by atoms with E-state index in [0.717, 1.165) is 30.5 Å². The van der Waals surface area contributed by atoms with Crippen LogP contribution in [-0.2, 0) is 0 Å². The van der Waals surface area contributed by atoms with E-state index in [1.165, 1.54) is 6.20 Å². The van der Waals surface area contributed by atoms with Crippen LogP contribution in [0.15, 0.2) is 41.5 Å². The average Bonchev–Trinajstić information content (AvgIpc) is 2.94. The molecule has 5 nitrogen and oxygen atoms in total. The summed E-state index contributed by atoms with van der Waals surface area (Å²) in [6.45, 7) is 2.93. The Balaban J connectivity index is 1.82. The highest BCUT2D eigenvalue weighted by Crippen LogP contribution is 2.22. The molecule has 1 aromatic carbocycles. The van der Waals surface area contributed by atoms with Crippen LogP contribution in [0.1, 0.15) is 30.1 Å². The van der Waals surface area contributed by atoms with Crippen LogP contribution in [-0.4, -0.2) is 33.4 Å². The molecule has 1 aliphatic rings. The second-order valence-corrected chi connectivity index (χ2v) is 5.37. The van der Waals surface area contributed by atoms with Crippen LogP contribution < -0.4 is 5.69 Å². The Bertz CT molecular complexity index is 686. The number of aromatic nitrogens is 2. The first-order valence-corrected chi connectivity index (χ1v) is 7.11. The molecule has 108 valence electrons. The van der Waals surface area contributed by atoms with Gasteiger partial charge >= 0.3 is 5.69 Å². The zero-order chi connectivity index (χ0) is 14.8. The molecule has 1 amide bonds. The van der Waals surface area contributed by atoms with E-state index in [2.05, 4.69) is 16.9 Å². The third-order valence-electron chi connectivity index (χ3n) is 3.95. The summed E-state index contributed by atoms with van der Waals surface area (Å²) in [5, 5.41) is 0. The Morgan fingerprint density at radius 2 is 2.05 bits per heavy atom. The number of likely N-dealkylation sites (tertiary alicyclic amines) is 1. The molecule has 0 radical (unpaired) electrons. The van der Waals surface area contributed by atoms with E-state index < -0.39 is 0 Å². The number of H-pyrrole nitrogens is 1. The number of carbonyl (C=O) groups is 1. The second-order valence-electron chi connectivity index (χ2n) is 5.37. The maximum atomic E-state index is 12.4. The molecule has 1 aromatic heterocycles. The van der Waals surface area contributed by atoms with Crippen LogP contribution in [0.2, 0.25) is 0 Å². The van der Waals surface area contributed by atoms with Crippen molar-refractivity contribution in [2.45, 2.75) is 25.8 Å². The molecule has 3 rings (SSSR count). The number of carbonyl (C=O) groups excluding carboxylic acids is 1. The third-order valence-corrected chi connectivity index (χ3v) is 3.95. The lowest BCUT2D eigenvalue weighted by Crippen LogP contribution is -2.33. The topological polar surface area (TPSA) is 66.1 Å². The number of aromatic amines is 1. The van der Waals surface area contributed by atoms with Crippen molar-refractivity contribution >= 4 is 5.91 Å². The number of amides is 1. The minimum Gasteiger partial charge on any atom is -0.336 e. The molecule has 1 atom stereocenters. The van der Waals surface area contributed by atoms with Gasteiger partial charge in [0, 0.05) is 36.1 Å². The van der Waals surface area contributed by atoms with Crippen LogP contribution in [0.3, 0.4) is 0 Å². The summed E-state index contributed by atoms with van der Waals surface area (Å²) in [6, 6.07) is 7.73. The Morgan fingerprint density at radius 1 is 1.29 bits per heavy atom. The van der Waals surface area contributed by atoms with Crippen molar-refractivity contribution in [3.05, 3.63) is 52.7 Å². The summed E-state index contributed by atoms with van der Waals surface area (Å²) in [7, 11) is 0. The van der Waals surface area contributed by atoms with E-state index in [9.17, 15) is 9.59 Å². The highest BCUT2D eigenvalue weighted by molar-refractivity contribution is 5.95. The standard InChI is InChI=1S/C16H17N3O2/c1-11-3-2-8-19(11)15(20)13-6-4-12(5-7-13)14-9-17-16(21)18-10-14/h4-7,9-11H,2-3,8H2,1H3,(H,17,18,21). The van der Waals surface area contributed by atoms with Gasteiger partial charge in [0.15, 0.2) is 0 Å². The van der Waals surface area contributed by atoms with Gasteiger partial charge in [-0.05, 0) is 37.5 Å². The second kappa shape index (κ2) is 5.52. The summed E-state index contributed by atoms with van der Waals surface area (Å²) in [4.78, 5) is 31.5. The van der Waals surface area contributed by atoms with Crippen LogP contribution in [0.5, 0.6) is 0 Å². The quantitative estimate of drug-likeness (QED) is 0.917. The Hall–Kier alpha value is -2.43. The lowest BCUT2D eigenvalue weighted by Gasteiger charge is -2.21. The molecule has 0 aliphatic carbocycles. The van der Waals surface area contributed by atoms with Crippen molar-refractivity contribution in [1.82, 2.24) is 14.9 Å². The molecule has 2 heterocycles. The van der Waals surface area contributed by atoms with Gasteiger partial charge in [-0.1, -0.05) is 12.1 Å². The van der Waals surface area contributed by atoms with Crippen molar-refractivity contribution in [2.75, 3.05) is 6.54 Å². The number of nitrogens with zero attached hydrogens (tertiary/aromatic N) is 2. The predicted molar refractivity (Wildman–Crippen MR) is 80.0 cm³/mol. The van der Waals surface area contributed by atoms with E-state index in [-0.39, 0.29) is 11.6 Å². The normalized spacial score (nSPS) is 18.0. The van der Waals surface area contributed by atoms with Crippen molar-refractivity contribution in [2.24, 2.45) is 0 Å². The van der Waals surface area contributed by atoms with Crippen molar-refractivity contribution in [3.8, 4) is 11.1 Å². The predicted octanol–water partition coefficient (Wildman–Crippen LogP) is 2.06. The monoisotopic (exact) mass is 283 g/mol. The van der Waals surface area contributed by atoms with E-state index in [1.807, 2.05) is 29.2 Å². The number of benzene rings is 1. The Kier molecular flexibility index (Phi) is 3.56. The summed E-state index contributed by atoms with van der Waals surface area (Å²) in [5.74, 6) is 0.0890. The largest absolute Gasteiger partial charge is 0.344 e.